The maximum absolute atomic E-state index is 10.2. The minimum absolute atomic E-state index is 0.0563. The number of oxazole rings is 1. The molecule has 0 aliphatic carbocycles. The summed E-state index contributed by atoms with van der Waals surface area (Å²) in [6, 6.07) is 20.2. The van der Waals surface area contributed by atoms with E-state index in [0.717, 1.165) is 40.8 Å². The van der Waals surface area contributed by atoms with E-state index < -0.39 is 5.79 Å². The summed E-state index contributed by atoms with van der Waals surface area (Å²) in [7, 11) is 0. The van der Waals surface area contributed by atoms with Crippen molar-refractivity contribution in [1.29, 1.82) is 10.5 Å². The van der Waals surface area contributed by atoms with Crippen LogP contribution in [0.15, 0.2) is 58.0 Å². The number of aryl methyl sites for hydroxylation is 3. The van der Waals surface area contributed by atoms with Gasteiger partial charge in [-0.05, 0) is 63.3 Å². The Bertz CT molecular complexity index is 1660. The van der Waals surface area contributed by atoms with Gasteiger partial charge in [0.15, 0.2) is 5.79 Å². The van der Waals surface area contributed by atoms with Crippen LogP contribution >= 0.6 is 11.8 Å². The zero-order valence-electron chi connectivity index (χ0n) is 23.5. The van der Waals surface area contributed by atoms with Crippen LogP contribution in [-0.4, -0.2) is 28.5 Å². The highest BCUT2D eigenvalue weighted by Gasteiger charge is 2.32. The molecule has 41 heavy (non-hydrogen) atoms. The third kappa shape index (κ3) is 6.13. The predicted octanol–water partition coefficient (Wildman–Crippen LogP) is 6.72. The van der Waals surface area contributed by atoms with Gasteiger partial charge in [-0.25, -0.2) is 9.97 Å². The molecule has 0 unspecified atom stereocenters. The molecule has 2 aromatic heterocycles. The number of hydrogen-bond acceptors (Lipinski definition) is 9. The number of nitrogens with two attached hydrogens (primary N) is 1. The van der Waals surface area contributed by atoms with Crippen molar-refractivity contribution in [1.82, 2.24) is 9.97 Å². The van der Waals surface area contributed by atoms with E-state index in [1.165, 1.54) is 11.8 Å². The molecular formula is C32H31N5O3S. The molecule has 2 N–H and O–H groups in total. The van der Waals surface area contributed by atoms with Crippen molar-refractivity contribution >= 4 is 17.6 Å². The van der Waals surface area contributed by atoms with Gasteiger partial charge in [0.05, 0.1) is 24.0 Å². The number of nitriles is 2. The molecule has 3 heterocycles. The minimum Gasteiger partial charge on any atom is -0.441 e. The number of nitrogen functional groups attached to an aromatic ring is 1. The zero-order chi connectivity index (χ0) is 29.1. The monoisotopic (exact) mass is 565 g/mol. The molecule has 2 aromatic carbocycles. The van der Waals surface area contributed by atoms with E-state index in [4.69, 9.17) is 24.6 Å². The molecule has 1 aliphatic heterocycles. The molecule has 5 rings (SSSR count). The number of pyridine rings is 1. The lowest BCUT2D eigenvalue weighted by molar-refractivity contribution is -0.138. The van der Waals surface area contributed by atoms with Crippen molar-refractivity contribution in [3.8, 4) is 34.7 Å². The number of nitrogens with zero attached hydrogens (tertiary/aromatic N) is 4. The van der Waals surface area contributed by atoms with Crippen molar-refractivity contribution in [2.75, 3.05) is 12.3 Å². The third-order valence-corrected chi connectivity index (χ3v) is 8.08. The Morgan fingerprint density at radius 2 is 1.76 bits per heavy atom. The zero-order valence-corrected chi connectivity index (χ0v) is 24.3. The largest absolute Gasteiger partial charge is 0.441 e. The van der Waals surface area contributed by atoms with Crippen LogP contribution in [0, 0.1) is 36.5 Å². The Morgan fingerprint density at radius 1 is 1.02 bits per heavy atom. The molecule has 8 nitrogen and oxygen atoms in total. The SMILES string of the molecule is Cc1ccccc1-c1nc(CSc2nc(N)c(C#N)c(-c3ccc(CC[C@H]4COC(C)(C)O4)cc3)c2C#N)c(C)o1. The van der Waals surface area contributed by atoms with Crippen molar-refractivity contribution in [2.24, 2.45) is 0 Å². The first kappa shape index (κ1) is 28.4. The average molecular weight is 566 g/mol. The molecule has 1 saturated heterocycles. The first-order valence-corrected chi connectivity index (χ1v) is 14.4. The van der Waals surface area contributed by atoms with Crippen molar-refractivity contribution in [3.05, 3.63) is 82.2 Å². The van der Waals surface area contributed by atoms with Crippen LogP contribution in [-0.2, 0) is 21.6 Å². The number of hydrogen-bond donors (Lipinski definition) is 1. The van der Waals surface area contributed by atoms with Gasteiger partial charge in [-0.15, -0.1) is 0 Å². The van der Waals surface area contributed by atoms with E-state index in [1.807, 2.05) is 76.2 Å². The quantitative estimate of drug-likeness (QED) is 0.231. The van der Waals surface area contributed by atoms with Gasteiger partial charge in [0.2, 0.25) is 5.89 Å². The van der Waals surface area contributed by atoms with Gasteiger partial charge in [0.1, 0.15) is 34.3 Å². The molecular weight excluding hydrogens is 534 g/mol. The van der Waals surface area contributed by atoms with Crippen molar-refractivity contribution < 1.29 is 13.9 Å². The lowest BCUT2D eigenvalue weighted by Crippen LogP contribution is -2.21. The molecule has 0 spiro atoms. The van der Waals surface area contributed by atoms with Crippen LogP contribution in [0.25, 0.3) is 22.6 Å². The molecule has 1 fully saturated rings. The summed E-state index contributed by atoms with van der Waals surface area (Å²) in [6.45, 7) is 8.31. The second-order valence-corrected chi connectivity index (χ2v) is 11.4. The van der Waals surface area contributed by atoms with E-state index in [2.05, 4.69) is 17.1 Å². The molecule has 0 saturated carbocycles. The number of thioether (sulfide) groups is 1. The summed E-state index contributed by atoms with van der Waals surface area (Å²) in [4.78, 5) is 9.15. The fraction of sp³-hybridized carbons (Fsp3) is 0.312. The highest BCUT2D eigenvalue weighted by Crippen LogP contribution is 2.37. The molecule has 1 atom stereocenters. The van der Waals surface area contributed by atoms with Crippen LogP contribution in [0.1, 0.15) is 54.0 Å². The number of rotatable bonds is 8. The maximum Gasteiger partial charge on any atom is 0.226 e. The number of aromatic nitrogens is 2. The highest BCUT2D eigenvalue weighted by molar-refractivity contribution is 7.98. The van der Waals surface area contributed by atoms with Crippen LogP contribution in [0.3, 0.4) is 0 Å². The fourth-order valence-corrected chi connectivity index (χ4v) is 5.89. The topological polar surface area (TPSA) is 131 Å². The van der Waals surface area contributed by atoms with Crippen LogP contribution < -0.4 is 5.73 Å². The number of ether oxygens (including phenoxy) is 2. The highest BCUT2D eigenvalue weighted by atomic mass is 32.2. The van der Waals surface area contributed by atoms with Crippen LogP contribution in [0.4, 0.5) is 5.82 Å². The normalized spacial score (nSPS) is 15.9. The average Bonchev–Trinajstić information content (AvgIpc) is 3.51. The van der Waals surface area contributed by atoms with Gasteiger partial charge in [-0.1, -0.05) is 54.2 Å². The predicted molar refractivity (Wildman–Crippen MR) is 158 cm³/mol. The summed E-state index contributed by atoms with van der Waals surface area (Å²) >= 11 is 1.35. The Labute approximate surface area is 244 Å². The summed E-state index contributed by atoms with van der Waals surface area (Å²) in [5.74, 6) is 1.23. The first-order chi connectivity index (χ1) is 19.7. The van der Waals surface area contributed by atoms with E-state index in [9.17, 15) is 10.5 Å². The van der Waals surface area contributed by atoms with Gasteiger partial charge in [0.25, 0.3) is 0 Å². The standard InChI is InChI=1S/C32H31N5O3S/c1-19-7-5-6-8-24(19)30-36-27(20(2)39-30)18-41-31-26(16-34)28(25(15-33)29(35)37-31)22-12-9-21(10-13-22)11-14-23-17-38-32(3,4)40-23/h5-10,12-13,23H,11,14,17-18H2,1-4H3,(H2,35,37)/t23-/m0/s1. The van der Waals surface area contributed by atoms with E-state index in [-0.39, 0.29) is 17.5 Å². The first-order valence-electron chi connectivity index (χ1n) is 13.4. The van der Waals surface area contributed by atoms with Crippen molar-refractivity contribution in [3.63, 3.8) is 0 Å². The molecule has 0 radical (unpaired) electrons. The molecule has 4 aromatic rings. The number of benzene rings is 2. The van der Waals surface area contributed by atoms with Crippen LogP contribution in [0.5, 0.6) is 0 Å². The summed E-state index contributed by atoms with van der Waals surface area (Å²) in [5, 5.41) is 20.6. The van der Waals surface area contributed by atoms with Crippen LogP contribution in [0.2, 0.25) is 0 Å². The number of anilines is 1. The Balaban J connectivity index is 1.38. The van der Waals surface area contributed by atoms with Gasteiger partial charge in [-0.3, -0.25) is 0 Å². The molecule has 1 aliphatic rings. The van der Waals surface area contributed by atoms with E-state index in [0.29, 0.717) is 40.2 Å². The minimum atomic E-state index is -0.539. The van der Waals surface area contributed by atoms with E-state index in [1.54, 1.807) is 0 Å². The van der Waals surface area contributed by atoms with Gasteiger partial charge in [-0.2, -0.15) is 10.5 Å². The second kappa shape index (κ2) is 11.8. The Morgan fingerprint density at radius 3 is 2.41 bits per heavy atom. The van der Waals surface area contributed by atoms with Gasteiger partial charge in [0, 0.05) is 16.9 Å². The maximum atomic E-state index is 10.2. The third-order valence-electron chi connectivity index (χ3n) is 7.09. The molecule has 208 valence electrons. The lowest BCUT2D eigenvalue weighted by Gasteiger charge is -2.17. The molecule has 0 amide bonds. The summed E-state index contributed by atoms with van der Waals surface area (Å²) < 4.78 is 17.5. The smallest absolute Gasteiger partial charge is 0.226 e. The van der Waals surface area contributed by atoms with Crippen molar-refractivity contribution in [2.45, 2.75) is 63.2 Å². The molecule has 0 bridgehead atoms. The molecule has 9 heteroatoms. The Hall–Kier alpha value is -4.15. The second-order valence-electron chi connectivity index (χ2n) is 10.5. The Kier molecular flexibility index (Phi) is 8.14. The van der Waals surface area contributed by atoms with Gasteiger partial charge < -0.3 is 19.6 Å². The fourth-order valence-electron chi connectivity index (χ4n) is 4.89. The summed E-state index contributed by atoms with van der Waals surface area (Å²) in [6.07, 6.45) is 1.72. The van der Waals surface area contributed by atoms with Gasteiger partial charge >= 0.3 is 0 Å². The van der Waals surface area contributed by atoms with E-state index >= 15 is 0 Å². The summed E-state index contributed by atoms with van der Waals surface area (Å²) in [5.41, 5.74) is 11.9. The lowest BCUT2D eigenvalue weighted by atomic mass is 9.95.